The Hall–Kier alpha value is -1.79. The first-order valence-electron chi connectivity index (χ1n) is 4.35. The van der Waals surface area contributed by atoms with E-state index in [0.29, 0.717) is 6.07 Å². The van der Waals surface area contributed by atoms with Crippen LogP contribution >= 0.6 is 0 Å². The fourth-order valence-electron chi connectivity index (χ4n) is 1.13. The fourth-order valence-corrected chi connectivity index (χ4v) is 1.13. The van der Waals surface area contributed by atoms with Crippen LogP contribution < -0.4 is 5.56 Å². The lowest BCUT2D eigenvalue weighted by molar-refractivity contribution is 0.0513. The van der Waals surface area contributed by atoms with Gasteiger partial charge in [0.2, 0.25) is 0 Å². The average molecular weight is 235 g/mol. The van der Waals surface area contributed by atoms with E-state index in [0.717, 1.165) is 0 Å². The van der Waals surface area contributed by atoms with Crippen molar-refractivity contribution in [2.75, 3.05) is 6.61 Å². The maximum absolute atomic E-state index is 12.8. The molecule has 0 bridgehead atoms. The molecule has 0 aliphatic heterocycles. The van der Waals surface area contributed by atoms with Crippen LogP contribution in [0, 0.1) is 5.95 Å². The third-order valence-corrected chi connectivity index (χ3v) is 1.75. The Labute approximate surface area is 88.0 Å². The molecule has 0 atom stereocenters. The van der Waals surface area contributed by atoms with E-state index in [1.54, 1.807) is 4.98 Å². The summed E-state index contributed by atoms with van der Waals surface area (Å²) in [5.41, 5.74) is -3.17. The zero-order valence-electron chi connectivity index (χ0n) is 8.22. The number of H-pyrrole nitrogens is 1. The van der Waals surface area contributed by atoms with Gasteiger partial charge in [-0.1, -0.05) is 0 Å². The number of nitrogens with one attached hydrogen (secondary N) is 1. The number of rotatable bonds is 3. The van der Waals surface area contributed by atoms with Crippen molar-refractivity contribution < 1.29 is 22.7 Å². The van der Waals surface area contributed by atoms with Crippen molar-refractivity contribution in [2.24, 2.45) is 0 Å². The molecule has 0 radical (unpaired) electrons. The van der Waals surface area contributed by atoms with Crippen LogP contribution in [0.2, 0.25) is 0 Å². The van der Waals surface area contributed by atoms with Crippen molar-refractivity contribution in [2.45, 2.75) is 13.3 Å². The number of aromatic amines is 1. The first-order chi connectivity index (χ1) is 7.47. The molecular formula is C9H8F3NO3. The van der Waals surface area contributed by atoms with Crippen molar-refractivity contribution in [3.05, 3.63) is 33.5 Å². The molecule has 88 valence electrons. The summed E-state index contributed by atoms with van der Waals surface area (Å²) in [6.07, 6.45) is -3.18. The molecule has 1 heterocycles. The van der Waals surface area contributed by atoms with Crippen LogP contribution in [0.1, 0.15) is 29.3 Å². The van der Waals surface area contributed by atoms with Gasteiger partial charge in [-0.2, -0.15) is 4.39 Å². The molecular weight excluding hydrogens is 227 g/mol. The van der Waals surface area contributed by atoms with Crippen molar-refractivity contribution in [3.63, 3.8) is 0 Å². The van der Waals surface area contributed by atoms with Crippen molar-refractivity contribution >= 4 is 5.97 Å². The van der Waals surface area contributed by atoms with E-state index < -0.39 is 35.0 Å². The highest BCUT2D eigenvalue weighted by Gasteiger charge is 2.24. The maximum atomic E-state index is 12.8. The Balaban J connectivity index is 3.35. The van der Waals surface area contributed by atoms with E-state index >= 15 is 0 Å². The SMILES string of the molecule is CCOC(=O)c1cc(F)[nH]c(=O)c1C(F)F. The molecule has 4 nitrogen and oxygen atoms in total. The lowest BCUT2D eigenvalue weighted by atomic mass is 10.1. The van der Waals surface area contributed by atoms with Gasteiger partial charge in [0.1, 0.15) is 0 Å². The van der Waals surface area contributed by atoms with Gasteiger partial charge in [-0.15, -0.1) is 0 Å². The number of ether oxygens (including phenoxy) is 1. The predicted molar refractivity (Wildman–Crippen MR) is 47.9 cm³/mol. The Morgan fingerprint density at radius 2 is 2.19 bits per heavy atom. The zero-order valence-corrected chi connectivity index (χ0v) is 8.22. The first kappa shape index (κ1) is 12.3. The molecule has 0 aliphatic carbocycles. The molecule has 1 aromatic rings. The summed E-state index contributed by atoms with van der Waals surface area (Å²) in [5, 5.41) is 0. The third-order valence-electron chi connectivity index (χ3n) is 1.75. The van der Waals surface area contributed by atoms with Gasteiger partial charge in [0.25, 0.3) is 12.0 Å². The van der Waals surface area contributed by atoms with E-state index in [2.05, 4.69) is 4.74 Å². The summed E-state index contributed by atoms with van der Waals surface area (Å²) in [4.78, 5) is 23.8. The number of halogens is 3. The largest absolute Gasteiger partial charge is 0.462 e. The molecule has 16 heavy (non-hydrogen) atoms. The molecule has 1 rings (SSSR count). The van der Waals surface area contributed by atoms with Crippen molar-refractivity contribution in [1.29, 1.82) is 0 Å². The monoisotopic (exact) mass is 235 g/mol. The standard InChI is InChI=1S/C9H8F3NO3/c1-2-16-9(15)4-3-5(10)13-8(14)6(4)7(11)12/h3,7H,2H2,1H3,(H,13,14). The van der Waals surface area contributed by atoms with E-state index in [1.165, 1.54) is 6.92 Å². The third kappa shape index (κ3) is 2.41. The minimum absolute atomic E-state index is 0.0596. The first-order valence-corrected chi connectivity index (χ1v) is 4.35. The molecule has 1 aromatic heterocycles. The second kappa shape index (κ2) is 4.82. The maximum Gasteiger partial charge on any atom is 0.338 e. The summed E-state index contributed by atoms with van der Waals surface area (Å²) in [7, 11) is 0. The van der Waals surface area contributed by atoms with Crippen LogP contribution in [-0.4, -0.2) is 17.6 Å². The number of carbonyl (C=O) groups excluding carboxylic acids is 1. The van der Waals surface area contributed by atoms with Gasteiger partial charge in [0.15, 0.2) is 5.95 Å². The fraction of sp³-hybridized carbons (Fsp3) is 0.333. The van der Waals surface area contributed by atoms with Gasteiger partial charge in [0, 0.05) is 6.07 Å². The second-order valence-electron chi connectivity index (χ2n) is 2.79. The molecule has 0 fully saturated rings. The Morgan fingerprint density at radius 1 is 1.56 bits per heavy atom. The highest BCUT2D eigenvalue weighted by atomic mass is 19.3. The van der Waals surface area contributed by atoms with Crippen LogP contribution in [0.4, 0.5) is 13.2 Å². The molecule has 1 N–H and O–H groups in total. The van der Waals surface area contributed by atoms with Gasteiger partial charge in [-0.05, 0) is 6.92 Å². The van der Waals surface area contributed by atoms with Gasteiger partial charge in [-0.25, -0.2) is 13.6 Å². The topological polar surface area (TPSA) is 59.2 Å². The van der Waals surface area contributed by atoms with E-state index in [1.807, 2.05) is 0 Å². The van der Waals surface area contributed by atoms with Crippen LogP contribution in [0.25, 0.3) is 0 Å². The highest BCUT2D eigenvalue weighted by molar-refractivity contribution is 5.91. The lowest BCUT2D eigenvalue weighted by Gasteiger charge is -2.06. The van der Waals surface area contributed by atoms with Crippen molar-refractivity contribution in [1.82, 2.24) is 4.98 Å². The Morgan fingerprint density at radius 3 is 2.69 bits per heavy atom. The summed E-state index contributed by atoms with van der Waals surface area (Å²) >= 11 is 0. The molecule has 7 heteroatoms. The molecule has 0 amide bonds. The summed E-state index contributed by atoms with van der Waals surface area (Å²) in [6, 6.07) is 0.515. The number of carbonyl (C=O) groups is 1. The van der Waals surface area contributed by atoms with E-state index in [4.69, 9.17) is 0 Å². The number of alkyl halides is 2. The lowest BCUT2D eigenvalue weighted by Crippen LogP contribution is -2.21. The van der Waals surface area contributed by atoms with Crippen LogP contribution in [0.5, 0.6) is 0 Å². The van der Waals surface area contributed by atoms with Gasteiger partial charge < -0.3 is 4.74 Å². The van der Waals surface area contributed by atoms with Crippen molar-refractivity contribution in [3.8, 4) is 0 Å². The van der Waals surface area contributed by atoms with Crippen LogP contribution in [0.15, 0.2) is 10.9 Å². The van der Waals surface area contributed by atoms with E-state index in [-0.39, 0.29) is 6.61 Å². The summed E-state index contributed by atoms with van der Waals surface area (Å²) < 4.78 is 42.1. The molecule has 0 saturated heterocycles. The molecule has 0 aliphatic rings. The van der Waals surface area contributed by atoms with E-state index in [9.17, 15) is 22.8 Å². The highest BCUT2D eigenvalue weighted by Crippen LogP contribution is 2.20. The summed E-state index contributed by atoms with van der Waals surface area (Å²) in [6.45, 7) is 1.40. The number of esters is 1. The van der Waals surface area contributed by atoms with Crippen LogP contribution in [0.3, 0.4) is 0 Å². The van der Waals surface area contributed by atoms with Gasteiger partial charge in [-0.3, -0.25) is 9.78 Å². The van der Waals surface area contributed by atoms with Gasteiger partial charge in [0.05, 0.1) is 17.7 Å². The Kier molecular flexibility index (Phi) is 3.70. The number of pyridine rings is 1. The predicted octanol–water partition coefficient (Wildman–Crippen LogP) is 1.63. The van der Waals surface area contributed by atoms with Crippen LogP contribution in [-0.2, 0) is 4.74 Å². The zero-order chi connectivity index (χ0) is 12.3. The number of aromatic nitrogens is 1. The second-order valence-corrected chi connectivity index (χ2v) is 2.79. The van der Waals surface area contributed by atoms with Gasteiger partial charge >= 0.3 is 5.97 Å². The smallest absolute Gasteiger partial charge is 0.338 e. The molecule has 0 saturated carbocycles. The quantitative estimate of drug-likeness (QED) is 0.639. The minimum atomic E-state index is -3.18. The molecule has 0 unspecified atom stereocenters. The average Bonchev–Trinajstić information content (AvgIpc) is 2.15. The molecule has 0 aromatic carbocycles. The minimum Gasteiger partial charge on any atom is -0.462 e. The number of hydrogen-bond donors (Lipinski definition) is 1. The molecule has 0 spiro atoms. The normalized spacial score (nSPS) is 10.6. The Bertz CT molecular complexity index is 456. The summed E-state index contributed by atoms with van der Waals surface area (Å²) in [5.74, 6) is -2.32. The number of hydrogen-bond acceptors (Lipinski definition) is 3.